The van der Waals surface area contributed by atoms with E-state index >= 15 is 0 Å². The van der Waals surface area contributed by atoms with E-state index in [0.29, 0.717) is 21.7 Å². The van der Waals surface area contributed by atoms with Crippen LogP contribution in [0.1, 0.15) is 25.6 Å². The predicted molar refractivity (Wildman–Crippen MR) is 109 cm³/mol. The minimum Gasteiger partial charge on any atom is -0.477 e. The fourth-order valence-electron chi connectivity index (χ4n) is 2.72. The molecule has 28 heavy (non-hydrogen) atoms. The zero-order valence-corrected chi connectivity index (χ0v) is 16.3. The van der Waals surface area contributed by atoms with Crippen LogP contribution >= 0.6 is 11.3 Å². The van der Waals surface area contributed by atoms with Crippen molar-refractivity contribution in [3.8, 4) is 10.4 Å². The first-order valence-electron chi connectivity index (χ1n) is 8.03. The smallest absolute Gasteiger partial charge is 0.348 e. The minimum atomic E-state index is -2.48. The number of aromatic carboxylic acids is 1. The average Bonchev–Trinajstić information content (AvgIpc) is 3.08. The highest BCUT2D eigenvalue weighted by atomic mass is 32.2. The summed E-state index contributed by atoms with van der Waals surface area (Å²) in [5.74, 6) is -1.77. The van der Waals surface area contributed by atoms with Crippen molar-refractivity contribution in [3.05, 3.63) is 70.6 Å². The zero-order valence-electron chi connectivity index (χ0n) is 14.7. The molecular weight excluding hydrogens is 400 g/mol. The summed E-state index contributed by atoms with van der Waals surface area (Å²) in [6.45, 7) is 1.77. The second kappa shape index (κ2) is 7.93. The number of nitrogens with zero attached hydrogens (tertiary/aromatic N) is 1. The summed E-state index contributed by atoms with van der Waals surface area (Å²) >= 11 is -1.50. The van der Waals surface area contributed by atoms with Crippen LogP contribution in [0.15, 0.2) is 54.6 Å². The van der Waals surface area contributed by atoms with Crippen LogP contribution < -0.4 is 10.0 Å². The first kappa shape index (κ1) is 19.7. The number of carbonyl (C=O) groups excluding carboxylic acids is 1. The third kappa shape index (κ3) is 3.81. The highest BCUT2D eigenvalue weighted by Crippen LogP contribution is 2.41. The number of hydrogen-bond acceptors (Lipinski definition) is 4. The van der Waals surface area contributed by atoms with Gasteiger partial charge in [0, 0.05) is 10.4 Å². The molecule has 4 N–H and O–H groups in total. The molecule has 0 saturated heterocycles. The monoisotopic (exact) mass is 416 g/mol. The van der Waals surface area contributed by atoms with Gasteiger partial charge in [0.15, 0.2) is 0 Å². The van der Waals surface area contributed by atoms with Gasteiger partial charge in [0.25, 0.3) is 11.3 Å². The molecule has 7 nitrogen and oxygen atoms in total. The van der Waals surface area contributed by atoms with Crippen LogP contribution in [-0.4, -0.2) is 25.7 Å². The van der Waals surface area contributed by atoms with Crippen LogP contribution in [-0.2, 0) is 11.3 Å². The molecule has 0 spiro atoms. The molecule has 0 bridgehead atoms. The number of nitrogens with two attached hydrogens (primary N) is 1. The standard InChI is InChI=1S/C19H16N2O5S2/c1-11-4-2-3-5-14(11)21(28(25)26)15-10-16(27-17(15)19(23)24)12-6-8-13(9-7-12)18(20)22/h2-10H,1H3,(H2,20,22)(H,23,24)(H,25,26). The van der Waals surface area contributed by atoms with Gasteiger partial charge < -0.3 is 10.8 Å². The van der Waals surface area contributed by atoms with E-state index in [1.165, 1.54) is 0 Å². The Balaban J connectivity index is 2.14. The topological polar surface area (TPSA) is 121 Å². The molecule has 1 heterocycles. The first-order valence-corrected chi connectivity index (χ1v) is 9.91. The highest BCUT2D eigenvalue weighted by Gasteiger charge is 2.26. The van der Waals surface area contributed by atoms with Gasteiger partial charge in [-0.2, -0.15) is 0 Å². The van der Waals surface area contributed by atoms with E-state index in [2.05, 4.69) is 0 Å². The molecule has 3 rings (SSSR count). The summed E-state index contributed by atoms with van der Waals surface area (Å²) in [5, 5.41) is 9.63. The SMILES string of the molecule is Cc1ccccc1N(c1cc(-c2ccc(C(N)=O)cc2)sc1C(=O)O)S(=O)O. The Hall–Kier alpha value is -3.01. The molecule has 1 aromatic heterocycles. The summed E-state index contributed by atoms with van der Waals surface area (Å²) in [5.41, 5.74) is 7.50. The molecule has 0 radical (unpaired) electrons. The van der Waals surface area contributed by atoms with Crippen molar-refractivity contribution in [3.63, 3.8) is 0 Å². The van der Waals surface area contributed by atoms with Crippen LogP contribution in [0.3, 0.4) is 0 Å². The van der Waals surface area contributed by atoms with Crippen molar-refractivity contribution in [1.82, 2.24) is 0 Å². The average molecular weight is 416 g/mol. The number of aryl methyl sites for hydroxylation is 1. The van der Waals surface area contributed by atoms with Gasteiger partial charge in [-0.15, -0.1) is 11.3 Å². The van der Waals surface area contributed by atoms with E-state index < -0.39 is 23.1 Å². The number of carbonyl (C=O) groups is 2. The molecular formula is C19H16N2O5S2. The number of amides is 1. The lowest BCUT2D eigenvalue weighted by atomic mass is 10.1. The van der Waals surface area contributed by atoms with E-state index in [4.69, 9.17) is 5.73 Å². The third-order valence-corrected chi connectivity index (χ3v) is 5.94. The van der Waals surface area contributed by atoms with Crippen LogP contribution in [0.2, 0.25) is 0 Å². The highest BCUT2D eigenvalue weighted by molar-refractivity contribution is 7.81. The van der Waals surface area contributed by atoms with Gasteiger partial charge in [-0.25, -0.2) is 13.3 Å². The molecule has 0 saturated carbocycles. The number of carboxylic acid groups (broad SMARTS) is 1. The van der Waals surface area contributed by atoms with Crippen LogP contribution in [0.4, 0.5) is 11.4 Å². The third-order valence-electron chi connectivity index (χ3n) is 4.07. The number of benzene rings is 2. The minimum absolute atomic E-state index is 0.0698. The van der Waals surface area contributed by atoms with Crippen molar-refractivity contribution in [2.24, 2.45) is 5.73 Å². The number of rotatable bonds is 6. The Morgan fingerprint density at radius 1 is 1.07 bits per heavy atom. The lowest BCUT2D eigenvalue weighted by Crippen LogP contribution is -2.21. The Morgan fingerprint density at radius 2 is 1.71 bits per heavy atom. The molecule has 3 aromatic rings. The maximum Gasteiger partial charge on any atom is 0.348 e. The normalized spacial score (nSPS) is 11.8. The summed E-state index contributed by atoms with van der Waals surface area (Å²) in [4.78, 5) is 23.5. The summed E-state index contributed by atoms with van der Waals surface area (Å²) in [6.07, 6.45) is 0. The summed E-state index contributed by atoms with van der Waals surface area (Å²) in [7, 11) is 0. The van der Waals surface area contributed by atoms with Crippen molar-refractivity contribution < 1.29 is 23.5 Å². The molecule has 0 fully saturated rings. The Morgan fingerprint density at radius 3 is 2.25 bits per heavy atom. The molecule has 144 valence electrons. The molecule has 0 aliphatic rings. The number of thiophene rings is 1. The molecule has 0 aliphatic carbocycles. The summed E-state index contributed by atoms with van der Waals surface area (Å²) < 4.78 is 23.1. The van der Waals surface area contributed by atoms with Crippen molar-refractivity contribution in [2.45, 2.75) is 6.92 Å². The van der Waals surface area contributed by atoms with Crippen LogP contribution in [0.5, 0.6) is 0 Å². The van der Waals surface area contributed by atoms with Gasteiger partial charge in [-0.3, -0.25) is 9.35 Å². The second-order valence-electron chi connectivity index (χ2n) is 5.88. The molecule has 1 unspecified atom stereocenters. The Labute approximate surface area is 167 Å². The van der Waals surface area contributed by atoms with E-state index in [9.17, 15) is 23.5 Å². The molecule has 0 aliphatic heterocycles. The van der Waals surface area contributed by atoms with E-state index in [0.717, 1.165) is 21.2 Å². The van der Waals surface area contributed by atoms with Crippen molar-refractivity contribution >= 4 is 45.9 Å². The lowest BCUT2D eigenvalue weighted by molar-refractivity contribution is 0.0702. The summed E-state index contributed by atoms with van der Waals surface area (Å²) in [6, 6.07) is 14.8. The number of primary amides is 1. The van der Waals surface area contributed by atoms with Gasteiger partial charge in [0.05, 0.1) is 11.4 Å². The Bertz CT molecular complexity index is 1080. The Kier molecular flexibility index (Phi) is 5.59. The van der Waals surface area contributed by atoms with Gasteiger partial charge in [-0.1, -0.05) is 30.3 Å². The van der Waals surface area contributed by atoms with E-state index in [1.54, 1.807) is 61.5 Å². The number of hydrogen-bond donors (Lipinski definition) is 3. The molecule has 1 atom stereocenters. The quantitative estimate of drug-likeness (QED) is 0.528. The number of carboxylic acids is 1. The predicted octanol–water partition coefficient (Wildman–Crippen LogP) is 3.80. The van der Waals surface area contributed by atoms with Gasteiger partial charge >= 0.3 is 5.97 Å². The second-order valence-corrected chi connectivity index (χ2v) is 7.76. The van der Waals surface area contributed by atoms with Crippen molar-refractivity contribution in [1.29, 1.82) is 0 Å². The van der Waals surface area contributed by atoms with Gasteiger partial charge in [0.2, 0.25) is 5.91 Å². The van der Waals surface area contributed by atoms with Crippen molar-refractivity contribution in [2.75, 3.05) is 4.31 Å². The molecule has 1 amide bonds. The number of para-hydroxylation sites is 1. The first-order chi connectivity index (χ1) is 13.3. The van der Waals surface area contributed by atoms with Gasteiger partial charge in [-0.05, 0) is 42.3 Å². The van der Waals surface area contributed by atoms with Gasteiger partial charge in [0.1, 0.15) is 4.88 Å². The number of anilines is 2. The maximum atomic E-state index is 12.1. The molecule has 9 heteroatoms. The lowest BCUT2D eigenvalue weighted by Gasteiger charge is -2.21. The largest absolute Gasteiger partial charge is 0.477 e. The van der Waals surface area contributed by atoms with E-state index in [1.807, 2.05) is 0 Å². The van der Waals surface area contributed by atoms with Crippen LogP contribution in [0, 0.1) is 6.92 Å². The molecule has 2 aromatic carbocycles. The maximum absolute atomic E-state index is 12.1. The fourth-order valence-corrected chi connectivity index (χ4v) is 4.45. The van der Waals surface area contributed by atoms with Crippen LogP contribution in [0.25, 0.3) is 10.4 Å². The fraction of sp³-hybridized carbons (Fsp3) is 0.0526. The van der Waals surface area contributed by atoms with E-state index in [-0.39, 0.29) is 10.6 Å². The zero-order chi connectivity index (χ0) is 20.4.